The van der Waals surface area contributed by atoms with Gasteiger partial charge in [-0.2, -0.15) is 23.4 Å². The molecule has 0 radical (unpaired) electrons. The number of carbonyl (C=O) groups is 1. The molecule has 0 unspecified atom stereocenters. The highest BCUT2D eigenvalue weighted by atomic mass is 35.5. The number of ether oxygens (including phenoxy) is 1. The number of nitrogens with zero attached hydrogens (tertiary/aromatic N) is 4. The van der Waals surface area contributed by atoms with Crippen molar-refractivity contribution in [1.82, 2.24) is 24.9 Å². The fraction of sp³-hybridized carbons (Fsp3) is 0.381. The standard InChI is InChI=1S/C21H20ClF4N5O2/c22-15-10-14(4-5-16(15)23)33-12-30-9-6-17(28-30)20(32)27-7-1-8-31-18(13-2-3-13)11-19(29-31)21(24,25)26/h4-6,9-11,13H,1-3,7-8,12H2,(H,27,32). The summed E-state index contributed by atoms with van der Waals surface area (Å²) in [5.74, 6) is -0.502. The van der Waals surface area contributed by atoms with E-state index in [1.807, 2.05) is 0 Å². The molecule has 176 valence electrons. The van der Waals surface area contributed by atoms with Gasteiger partial charge in [0.05, 0.1) is 5.02 Å². The first-order valence-electron chi connectivity index (χ1n) is 10.2. The second kappa shape index (κ2) is 9.42. The molecule has 12 heteroatoms. The minimum Gasteiger partial charge on any atom is -0.471 e. The Morgan fingerprint density at radius 2 is 2.00 bits per heavy atom. The number of benzene rings is 1. The Morgan fingerprint density at radius 3 is 2.70 bits per heavy atom. The largest absolute Gasteiger partial charge is 0.471 e. The zero-order valence-corrected chi connectivity index (χ0v) is 18.0. The zero-order valence-electron chi connectivity index (χ0n) is 17.3. The number of nitrogens with one attached hydrogen (secondary N) is 1. The third-order valence-electron chi connectivity index (χ3n) is 5.06. The number of hydrogen-bond acceptors (Lipinski definition) is 4. The Morgan fingerprint density at radius 1 is 1.21 bits per heavy atom. The van der Waals surface area contributed by atoms with Crippen LogP contribution in [0.1, 0.15) is 47.1 Å². The average molecular weight is 486 g/mol. The van der Waals surface area contributed by atoms with Gasteiger partial charge >= 0.3 is 6.18 Å². The lowest BCUT2D eigenvalue weighted by atomic mass is 10.2. The summed E-state index contributed by atoms with van der Waals surface area (Å²) < 4.78 is 60.3. The van der Waals surface area contributed by atoms with Crippen LogP contribution < -0.4 is 10.1 Å². The number of aromatic nitrogens is 4. The van der Waals surface area contributed by atoms with Crippen molar-refractivity contribution in [2.24, 2.45) is 0 Å². The van der Waals surface area contributed by atoms with Gasteiger partial charge in [0.25, 0.3) is 5.91 Å². The number of amides is 1. The molecule has 0 aliphatic heterocycles. The molecule has 0 saturated heterocycles. The molecule has 33 heavy (non-hydrogen) atoms. The predicted molar refractivity (Wildman–Crippen MR) is 110 cm³/mol. The third-order valence-corrected chi connectivity index (χ3v) is 5.35. The van der Waals surface area contributed by atoms with Crippen molar-refractivity contribution in [2.75, 3.05) is 6.54 Å². The number of halogens is 5. The van der Waals surface area contributed by atoms with Gasteiger partial charge in [-0.25, -0.2) is 9.07 Å². The first-order chi connectivity index (χ1) is 15.7. The zero-order chi connectivity index (χ0) is 23.6. The summed E-state index contributed by atoms with van der Waals surface area (Å²) >= 11 is 5.70. The molecule has 1 aliphatic rings. The molecule has 0 spiro atoms. The minimum atomic E-state index is -4.48. The molecule has 1 fully saturated rings. The van der Waals surface area contributed by atoms with E-state index in [-0.39, 0.29) is 36.5 Å². The number of carbonyl (C=O) groups excluding carboxylic acids is 1. The van der Waals surface area contributed by atoms with E-state index in [1.54, 1.807) is 6.20 Å². The van der Waals surface area contributed by atoms with Crippen molar-refractivity contribution >= 4 is 17.5 Å². The molecule has 0 bridgehead atoms. The van der Waals surface area contributed by atoms with Crippen LogP contribution in [0, 0.1) is 5.82 Å². The van der Waals surface area contributed by atoms with Gasteiger partial charge < -0.3 is 10.1 Å². The van der Waals surface area contributed by atoms with E-state index in [0.29, 0.717) is 17.9 Å². The average Bonchev–Trinajstić information content (AvgIpc) is 3.32. The highest BCUT2D eigenvalue weighted by Gasteiger charge is 2.37. The number of aryl methyl sites for hydroxylation is 1. The SMILES string of the molecule is O=C(NCCCn1nc(C(F)(F)F)cc1C1CC1)c1ccn(COc2ccc(F)c(Cl)c2)n1. The minimum absolute atomic E-state index is 0.0139. The van der Waals surface area contributed by atoms with Crippen molar-refractivity contribution in [3.63, 3.8) is 0 Å². The van der Waals surface area contributed by atoms with Crippen LogP contribution in [0.5, 0.6) is 5.75 Å². The van der Waals surface area contributed by atoms with Crippen molar-refractivity contribution in [1.29, 1.82) is 0 Å². The van der Waals surface area contributed by atoms with Gasteiger partial charge in [-0.05, 0) is 43.5 Å². The highest BCUT2D eigenvalue weighted by Crippen LogP contribution is 2.42. The van der Waals surface area contributed by atoms with Gasteiger partial charge in [0.1, 0.15) is 17.3 Å². The molecule has 3 aromatic rings. The van der Waals surface area contributed by atoms with Gasteiger partial charge in [0, 0.05) is 37.0 Å². The van der Waals surface area contributed by atoms with Crippen molar-refractivity contribution in [3.05, 3.63) is 64.5 Å². The van der Waals surface area contributed by atoms with Crippen LogP contribution in [0.2, 0.25) is 5.02 Å². The lowest BCUT2D eigenvalue weighted by Gasteiger charge is -2.08. The van der Waals surface area contributed by atoms with Crippen LogP contribution in [0.4, 0.5) is 17.6 Å². The van der Waals surface area contributed by atoms with Crippen LogP contribution in [-0.2, 0) is 19.5 Å². The number of alkyl halides is 3. The summed E-state index contributed by atoms with van der Waals surface area (Å²) in [5.41, 5.74) is -0.133. The van der Waals surface area contributed by atoms with Crippen LogP contribution in [-0.4, -0.2) is 32.0 Å². The Labute approximate surface area is 191 Å². The summed E-state index contributed by atoms with van der Waals surface area (Å²) in [7, 11) is 0. The molecule has 1 aliphatic carbocycles. The molecule has 1 N–H and O–H groups in total. The van der Waals surface area contributed by atoms with Crippen LogP contribution in [0.3, 0.4) is 0 Å². The first kappa shape index (κ1) is 23.1. The van der Waals surface area contributed by atoms with Gasteiger partial charge in [0.15, 0.2) is 12.4 Å². The fourth-order valence-corrected chi connectivity index (χ4v) is 3.41. The second-order valence-corrected chi connectivity index (χ2v) is 8.06. The Hall–Kier alpha value is -3.08. The quantitative estimate of drug-likeness (QED) is 0.354. The summed E-state index contributed by atoms with van der Waals surface area (Å²) in [5, 5.41) is 10.4. The van der Waals surface area contributed by atoms with Crippen LogP contribution in [0.15, 0.2) is 36.5 Å². The normalized spacial score (nSPS) is 13.8. The first-order valence-corrected chi connectivity index (χ1v) is 10.6. The smallest absolute Gasteiger partial charge is 0.435 e. The maximum atomic E-state index is 13.2. The Bertz CT molecular complexity index is 1140. The van der Waals surface area contributed by atoms with E-state index in [9.17, 15) is 22.4 Å². The van der Waals surface area contributed by atoms with Crippen molar-refractivity contribution in [2.45, 2.75) is 44.6 Å². The summed E-state index contributed by atoms with van der Waals surface area (Å²) in [6.45, 7) is 0.506. The van der Waals surface area contributed by atoms with E-state index in [4.69, 9.17) is 16.3 Å². The molecule has 2 aromatic heterocycles. The summed E-state index contributed by atoms with van der Waals surface area (Å²) in [6, 6.07) is 6.56. The molecular weight excluding hydrogens is 466 g/mol. The Balaban J connectivity index is 1.25. The maximum absolute atomic E-state index is 13.2. The van der Waals surface area contributed by atoms with Crippen molar-refractivity contribution < 1.29 is 27.1 Å². The molecule has 1 saturated carbocycles. The van der Waals surface area contributed by atoms with Crippen LogP contribution in [0.25, 0.3) is 0 Å². The molecule has 0 atom stereocenters. The lowest BCUT2D eigenvalue weighted by Crippen LogP contribution is -2.26. The van der Waals surface area contributed by atoms with E-state index >= 15 is 0 Å². The van der Waals surface area contributed by atoms with Crippen LogP contribution >= 0.6 is 11.6 Å². The fourth-order valence-electron chi connectivity index (χ4n) is 3.24. The molecule has 2 heterocycles. The third kappa shape index (κ3) is 5.84. The molecule has 1 amide bonds. The molecular formula is C21H20ClF4N5O2. The monoisotopic (exact) mass is 485 g/mol. The van der Waals surface area contributed by atoms with Crippen molar-refractivity contribution in [3.8, 4) is 5.75 Å². The lowest BCUT2D eigenvalue weighted by molar-refractivity contribution is -0.141. The van der Waals surface area contributed by atoms with Gasteiger partial charge in [-0.1, -0.05) is 11.6 Å². The number of rotatable bonds is 9. The van der Waals surface area contributed by atoms with Gasteiger partial charge in [-0.3, -0.25) is 9.48 Å². The highest BCUT2D eigenvalue weighted by molar-refractivity contribution is 6.30. The predicted octanol–water partition coefficient (Wildman–Crippen LogP) is 4.62. The van der Waals surface area contributed by atoms with E-state index in [0.717, 1.165) is 18.9 Å². The topological polar surface area (TPSA) is 74.0 Å². The summed E-state index contributed by atoms with van der Waals surface area (Å²) in [4.78, 5) is 12.3. The van der Waals surface area contributed by atoms with E-state index < -0.39 is 23.6 Å². The van der Waals surface area contributed by atoms with Gasteiger partial charge in [0.2, 0.25) is 0 Å². The van der Waals surface area contributed by atoms with E-state index in [2.05, 4.69) is 15.5 Å². The molecule has 7 nitrogen and oxygen atoms in total. The summed E-state index contributed by atoms with van der Waals surface area (Å²) in [6.07, 6.45) is -0.793. The maximum Gasteiger partial charge on any atom is 0.435 e. The van der Waals surface area contributed by atoms with Gasteiger partial charge in [-0.15, -0.1) is 0 Å². The number of hydrogen-bond donors (Lipinski definition) is 1. The van der Waals surface area contributed by atoms with E-state index in [1.165, 1.54) is 33.6 Å². The second-order valence-electron chi connectivity index (χ2n) is 7.65. The molecule has 1 aromatic carbocycles. The molecule has 4 rings (SSSR count). The Kier molecular flexibility index (Phi) is 6.59.